The molecule has 0 saturated carbocycles. The van der Waals surface area contributed by atoms with Gasteiger partial charge in [0.1, 0.15) is 11.3 Å². The number of carboxylic acids is 1. The molecule has 0 aliphatic rings. The second-order valence-electron chi connectivity index (χ2n) is 8.14. The molecule has 4 aromatic rings. The lowest BCUT2D eigenvalue weighted by atomic mass is 9.75. The van der Waals surface area contributed by atoms with Crippen LogP contribution in [0.1, 0.15) is 33.5 Å². The van der Waals surface area contributed by atoms with E-state index in [1.54, 1.807) is 36.3 Å². The molecule has 35 heavy (non-hydrogen) atoms. The summed E-state index contributed by atoms with van der Waals surface area (Å²) in [7, 11) is 1.57. The Morgan fingerprint density at radius 2 is 1.14 bits per heavy atom. The van der Waals surface area contributed by atoms with Crippen molar-refractivity contribution in [3.8, 4) is 5.75 Å². The molecule has 176 valence electrons. The number of amides is 1. The average Bonchev–Trinajstić information content (AvgIpc) is 2.92. The van der Waals surface area contributed by atoms with Crippen LogP contribution < -0.4 is 4.74 Å². The van der Waals surface area contributed by atoms with E-state index >= 15 is 0 Å². The summed E-state index contributed by atoms with van der Waals surface area (Å²) in [6.07, 6.45) is -0.198. The zero-order chi connectivity index (χ0) is 24.7. The number of carbonyl (C=O) groups excluding carboxylic acids is 1. The van der Waals surface area contributed by atoms with Gasteiger partial charge in [-0.05, 0) is 41.0 Å². The number of hydrogen-bond acceptors (Lipinski definition) is 3. The molecule has 0 aliphatic carbocycles. The number of carboxylic acid groups (broad SMARTS) is 1. The summed E-state index contributed by atoms with van der Waals surface area (Å²) in [4.78, 5) is 27.6. The molecule has 4 rings (SSSR count). The predicted molar refractivity (Wildman–Crippen MR) is 135 cm³/mol. The topological polar surface area (TPSA) is 66.8 Å². The SMILES string of the molecule is COc1ccc(C(=O)N(CCC(=O)O)C(c2ccccc2)(c2ccccc2)c2ccccc2)cc1. The van der Waals surface area contributed by atoms with Gasteiger partial charge in [0, 0.05) is 12.1 Å². The van der Waals surface area contributed by atoms with Gasteiger partial charge in [0.05, 0.1) is 13.5 Å². The Morgan fingerprint density at radius 1 is 0.714 bits per heavy atom. The maximum absolute atomic E-state index is 14.2. The Labute approximate surface area is 205 Å². The predicted octanol–water partition coefficient (Wildman–Crippen LogP) is 5.60. The monoisotopic (exact) mass is 465 g/mol. The first kappa shape index (κ1) is 23.8. The van der Waals surface area contributed by atoms with Crippen LogP contribution in [0.3, 0.4) is 0 Å². The van der Waals surface area contributed by atoms with E-state index in [0.717, 1.165) is 16.7 Å². The molecular weight excluding hydrogens is 438 g/mol. The van der Waals surface area contributed by atoms with Gasteiger partial charge in [0.2, 0.25) is 0 Å². The summed E-state index contributed by atoms with van der Waals surface area (Å²) in [5, 5.41) is 9.61. The number of benzene rings is 4. The highest BCUT2D eigenvalue weighted by molar-refractivity contribution is 5.96. The summed E-state index contributed by atoms with van der Waals surface area (Å²) in [5.74, 6) is -0.606. The first-order valence-corrected chi connectivity index (χ1v) is 11.4. The van der Waals surface area contributed by atoms with Crippen LogP contribution >= 0.6 is 0 Å². The van der Waals surface area contributed by atoms with Crippen molar-refractivity contribution in [2.45, 2.75) is 12.0 Å². The van der Waals surface area contributed by atoms with Gasteiger partial charge in [-0.25, -0.2) is 0 Å². The van der Waals surface area contributed by atoms with Crippen LogP contribution in [0, 0.1) is 0 Å². The van der Waals surface area contributed by atoms with Gasteiger partial charge < -0.3 is 14.7 Å². The summed E-state index contributed by atoms with van der Waals surface area (Å²) >= 11 is 0. The lowest BCUT2D eigenvalue weighted by Crippen LogP contribution is -2.52. The Kier molecular flexibility index (Phi) is 7.27. The normalized spacial score (nSPS) is 11.0. The van der Waals surface area contributed by atoms with Gasteiger partial charge in [-0.1, -0.05) is 91.0 Å². The molecule has 0 saturated heterocycles. The summed E-state index contributed by atoms with van der Waals surface area (Å²) in [6.45, 7) is 0.0128. The summed E-state index contributed by atoms with van der Waals surface area (Å²) < 4.78 is 5.26. The first-order chi connectivity index (χ1) is 17.1. The largest absolute Gasteiger partial charge is 0.497 e. The van der Waals surface area contributed by atoms with Crippen LogP contribution in [0.15, 0.2) is 115 Å². The highest BCUT2D eigenvalue weighted by atomic mass is 16.5. The third kappa shape index (κ3) is 4.80. The third-order valence-corrected chi connectivity index (χ3v) is 6.11. The van der Waals surface area contributed by atoms with Crippen molar-refractivity contribution in [2.24, 2.45) is 0 Å². The van der Waals surface area contributed by atoms with E-state index in [-0.39, 0.29) is 18.9 Å². The van der Waals surface area contributed by atoms with Crippen molar-refractivity contribution >= 4 is 11.9 Å². The fraction of sp³-hybridized carbons (Fsp3) is 0.133. The van der Waals surface area contributed by atoms with E-state index in [0.29, 0.717) is 11.3 Å². The Bertz CT molecular complexity index is 1160. The van der Waals surface area contributed by atoms with E-state index < -0.39 is 11.5 Å². The van der Waals surface area contributed by atoms with Crippen molar-refractivity contribution in [1.29, 1.82) is 0 Å². The van der Waals surface area contributed by atoms with Crippen LogP contribution in [0.4, 0.5) is 0 Å². The maximum atomic E-state index is 14.2. The molecular formula is C30H27NO4. The van der Waals surface area contributed by atoms with Crippen molar-refractivity contribution in [3.63, 3.8) is 0 Å². The number of nitrogens with zero attached hydrogens (tertiary/aromatic N) is 1. The van der Waals surface area contributed by atoms with E-state index in [2.05, 4.69) is 0 Å². The van der Waals surface area contributed by atoms with E-state index in [1.807, 2.05) is 91.0 Å². The molecule has 0 spiro atoms. The average molecular weight is 466 g/mol. The van der Waals surface area contributed by atoms with Crippen LogP contribution in [-0.2, 0) is 10.3 Å². The summed E-state index contributed by atoms with van der Waals surface area (Å²) in [5.41, 5.74) is 1.98. The number of carbonyl (C=O) groups is 2. The van der Waals surface area contributed by atoms with Crippen LogP contribution in [-0.4, -0.2) is 35.5 Å². The van der Waals surface area contributed by atoms with Gasteiger partial charge >= 0.3 is 5.97 Å². The second kappa shape index (κ2) is 10.7. The van der Waals surface area contributed by atoms with Gasteiger partial charge in [-0.2, -0.15) is 0 Å². The van der Waals surface area contributed by atoms with Crippen molar-refractivity contribution in [1.82, 2.24) is 4.90 Å². The van der Waals surface area contributed by atoms with Crippen LogP contribution in [0.2, 0.25) is 0 Å². The number of hydrogen-bond donors (Lipinski definition) is 1. The van der Waals surface area contributed by atoms with E-state index in [4.69, 9.17) is 4.74 Å². The Morgan fingerprint density at radius 3 is 1.51 bits per heavy atom. The standard InChI is InChI=1S/C30H27NO4/c1-35-27-19-17-23(18-20-27)29(34)31(22-21-28(32)33)30(24-11-5-2-6-12-24,25-13-7-3-8-14-25)26-15-9-4-10-16-26/h2-20H,21-22H2,1H3,(H,32,33). The Hall–Kier alpha value is -4.38. The fourth-order valence-corrected chi connectivity index (χ4v) is 4.52. The smallest absolute Gasteiger partial charge is 0.305 e. The molecule has 0 aliphatic heterocycles. The van der Waals surface area contributed by atoms with E-state index in [1.165, 1.54) is 0 Å². The number of methoxy groups -OCH3 is 1. The molecule has 0 heterocycles. The minimum atomic E-state index is -1.06. The van der Waals surface area contributed by atoms with Gasteiger partial charge in [0.25, 0.3) is 5.91 Å². The number of aliphatic carboxylic acids is 1. The molecule has 5 heteroatoms. The van der Waals surface area contributed by atoms with Crippen molar-refractivity contribution < 1.29 is 19.4 Å². The lowest BCUT2D eigenvalue weighted by Gasteiger charge is -2.45. The van der Waals surface area contributed by atoms with E-state index in [9.17, 15) is 14.7 Å². The molecule has 1 amide bonds. The number of rotatable bonds is 9. The van der Waals surface area contributed by atoms with Gasteiger partial charge in [-0.15, -0.1) is 0 Å². The molecule has 0 atom stereocenters. The molecule has 0 fully saturated rings. The van der Waals surface area contributed by atoms with Gasteiger partial charge in [-0.3, -0.25) is 9.59 Å². The third-order valence-electron chi connectivity index (χ3n) is 6.11. The molecule has 0 bridgehead atoms. The minimum absolute atomic E-state index is 0.0128. The maximum Gasteiger partial charge on any atom is 0.305 e. The first-order valence-electron chi connectivity index (χ1n) is 11.4. The molecule has 0 radical (unpaired) electrons. The lowest BCUT2D eigenvalue weighted by molar-refractivity contribution is -0.137. The van der Waals surface area contributed by atoms with Crippen LogP contribution in [0.5, 0.6) is 5.75 Å². The van der Waals surface area contributed by atoms with Gasteiger partial charge in [0.15, 0.2) is 0 Å². The molecule has 4 aromatic carbocycles. The van der Waals surface area contributed by atoms with Crippen LogP contribution in [0.25, 0.3) is 0 Å². The quantitative estimate of drug-likeness (QED) is 0.327. The minimum Gasteiger partial charge on any atom is -0.497 e. The van der Waals surface area contributed by atoms with Crippen molar-refractivity contribution in [2.75, 3.05) is 13.7 Å². The Balaban J connectivity index is 2.02. The molecule has 1 N–H and O–H groups in total. The summed E-state index contributed by atoms with van der Waals surface area (Å²) in [6, 6.07) is 36.2. The molecule has 0 unspecified atom stereocenters. The second-order valence-corrected chi connectivity index (χ2v) is 8.14. The molecule has 0 aromatic heterocycles. The molecule has 5 nitrogen and oxygen atoms in total. The van der Waals surface area contributed by atoms with Crippen molar-refractivity contribution in [3.05, 3.63) is 138 Å². The fourth-order valence-electron chi connectivity index (χ4n) is 4.52. The number of ether oxygens (including phenoxy) is 1. The highest BCUT2D eigenvalue weighted by Gasteiger charge is 2.44. The zero-order valence-electron chi connectivity index (χ0n) is 19.5. The highest BCUT2D eigenvalue weighted by Crippen LogP contribution is 2.43. The zero-order valence-corrected chi connectivity index (χ0v) is 19.5.